The summed E-state index contributed by atoms with van der Waals surface area (Å²) in [6.45, 7) is 4.50. The summed E-state index contributed by atoms with van der Waals surface area (Å²) in [6, 6.07) is 9.88. The van der Waals surface area contributed by atoms with Crippen LogP contribution in [0, 0.1) is 5.92 Å². The lowest BCUT2D eigenvalue weighted by Gasteiger charge is -2.15. The van der Waals surface area contributed by atoms with Crippen molar-refractivity contribution in [1.29, 1.82) is 0 Å². The first-order valence-corrected chi connectivity index (χ1v) is 8.53. The van der Waals surface area contributed by atoms with Crippen LogP contribution in [0.3, 0.4) is 0 Å². The normalized spacial score (nSPS) is 23.8. The van der Waals surface area contributed by atoms with Crippen LogP contribution in [0.1, 0.15) is 24.5 Å². The highest BCUT2D eigenvalue weighted by Gasteiger charge is 2.28. The summed E-state index contributed by atoms with van der Waals surface area (Å²) in [7, 11) is 1.72. The standard InChI is InChI=1S/C18H25N3O3/c1-23-10-9-21-8-7-14(13-21)12-19-18(22)16-11-17(24-20-16)15-5-3-2-4-6-15/h2-6,14,17H,7-13H2,1H3,(H,19,22)/t14-,17-/m1/s1. The minimum absolute atomic E-state index is 0.108. The number of rotatable bonds is 7. The lowest BCUT2D eigenvalue weighted by Crippen LogP contribution is -2.35. The van der Waals surface area contributed by atoms with Crippen molar-refractivity contribution >= 4 is 11.6 Å². The minimum Gasteiger partial charge on any atom is -0.387 e. The Kier molecular flexibility index (Phi) is 5.82. The molecule has 0 aliphatic carbocycles. The molecular weight excluding hydrogens is 306 g/mol. The van der Waals surface area contributed by atoms with Crippen LogP contribution >= 0.6 is 0 Å². The van der Waals surface area contributed by atoms with Crippen molar-refractivity contribution in [3.05, 3.63) is 35.9 Å². The molecule has 2 aliphatic heterocycles. The second-order valence-electron chi connectivity index (χ2n) is 6.40. The second-order valence-corrected chi connectivity index (χ2v) is 6.40. The van der Waals surface area contributed by atoms with Crippen LogP contribution in [0.5, 0.6) is 0 Å². The third kappa shape index (κ3) is 4.33. The monoisotopic (exact) mass is 331 g/mol. The van der Waals surface area contributed by atoms with E-state index in [0.717, 1.165) is 38.2 Å². The van der Waals surface area contributed by atoms with Crippen molar-refractivity contribution in [2.45, 2.75) is 18.9 Å². The molecule has 1 fully saturated rings. The Balaban J connectivity index is 1.40. The molecule has 2 aliphatic rings. The zero-order valence-corrected chi connectivity index (χ0v) is 14.1. The Morgan fingerprint density at radius 1 is 1.42 bits per heavy atom. The average molecular weight is 331 g/mol. The molecule has 0 bridgehead atoms. The smallest absolute Gasteiger partial charge is 0.269 e. The molecule has 6 heteroatoms. The maximum atomic E-state index is 12.3. The van der Waals surface area contributed by atoms with Gasteiger partial charge in [-0.05, 0) is 24.4 Å². The van der Waals surface area contributed by atoms with Crippen molar-refractivity contribution in [1.82, 2.24) is 10.2 Å². The van der Waals surface area contributed by atoms with E-state index in [0.29, 0.717) is 24.6 Å². The molecule has 6 nitrogen and oxygen atoms in total. The lowest BCUT2D eigenvalue weighted by molar-refractivity contribution is -0.115. The van der Waals surface area contributed by atoms with Gasteiger partial charge in [-0.2, -0.15) is 0 Å². The maximum Gasteiger partial charge on any atom is 0.269 e. The number of carbonyl (C=O) groups excluding carboxylic acids is 1. The van der Waals surface area contributed by atoms with Crippen LogP contribution in [-0.4, -0.2) is 56.4 Å². The summed E-state index contributed by atoms with van der Waals surface area (Å²) in [5.41, 5.74) is 1.53. The van der Waals surface area contributed by atoms with Gasteiger partial charge in [0.25, 0.3) is 5.91 Å². The fourth-order valence-corrected chi connectivity index (χ4v) is 3.20. The number of hydrogen-bond donors (Lipinski definition) is 1. The van der Waals surface area contributed by atoms with Gasteiger partial charge in [0.15, 0.2) is 6.10 Å². The predicted octanol–water partition coefficient (Wildman–Crippen LogP) is 1.59. The van der Waals surface area contributed by atoms with Gasteiger partial charge >= 0.3 is 0 Å². The number of hydrogen-bond acceptors (Lipinski definition) is 5. The molecule has 1 aromatic rings. The van der Waals surface area contributed by atoms with Gasteiger partial charge in [0, 0.05) is 33.2 Å². The lowest BCUT2D eigenvalue weighted by atomic mass is 10.0. The SMILES string of the molecule is COCCN1CC[C@H](CNC(=O)C2=NO[C@@H](c3ccccc3)C2)C1. The van der Waals surface area contributed by atoms with E-state index in [9.17, 15) is 4.79 Å². The van der Waals surface area contributed by atoms with Gasteiger partial charge in [-0.1, -0.05) is 35.5 Å². The molecule has 2 heterocycles. The van der Waals surface area contributed by atoms with Gasteiger partial charge in [0.1, 0.15) is 5.71 Å². The molecule has 0 aromatic heterocycles. The third-order valence-electron chi connectivity index (χ3n) is 4.64. The summed E-state index contributed by atoms with van der Waals surface area (Å²) in [4.78, 5) is 20.1. The van der Waals surface area contributed by atoms with Gasteiger partial charge in [-0.15, -0.1) is 0 Å². The molecule has 0 saturated carbocycles. The quantitative estimate of drug-likeness (QED) is 0.824. The molecule has 1 saturated heterocycles. The number of methoxy groups -OCH3 is 1. The number of benzene rings is 1. The second kappa shape index (κ2) is 8.26. The molecule has 1 aromatic carbocycles. The van der Waals surface area contributed by atoms with Crippen molar-refractivity contribution < 1.29 is 14.4 Å². The summed E-state index contributed by atoms with van der Waals surface area (Å²) in [5.74, 6) is 0.391. The van der Waals surface area contributed by atoms with Crippen molar-refractivity contribution in [3.8, 4) is 0 Å². The molecule has 24 heavy (non-hydrogen) atoms. The number of nitrogens with one attached hydrogen (secondary N) is 1. The molecule has 1 N–H and O–H groups in total. The fourth-order valence-electron chi connectivity index (χ4n) is 3.20. The number of carbonyl (C=O) groups is 1. The summed E-state index contributed by atoms with van der Waals surface area (Å²) < 4.78 is 5.11. The highest BCUT2D eigenvalue weighted by atomic mass is 16.6. The van der Waals surface area contributed by atoms with Crippen LogP contribution < -0.4 is 5.32 Å². The largest absolute Gasteiger partial charge is 0.387 e. The topological polar surface area (TPSA) is 63.2 Å². The highest BCUT2D eigenvalue weighted by Crippen LogP contribution is 2.26. The summed E-state index contributed by atoms with van der Waals surface area (Å²) >= 11 is 0. The van der Waals surface area contributed by atoms with E-state index in [1.807, 2.05) is 30.3 Å². The highest BCUT2D eigenvalue weighted by molar-refractivity contribution is 6.39. The third-order valence-corrected chi connectivity index (χ3v) is 4.64. The zero-order valence-electron chi connectivity index (χ0n) is 14.1. The first kappa shape index (κ1) is 16.9. The van der Waals surface area contributed by atoms with Crippen LogP contribution in [0.4, 0.5) is 0 Å². The average Bonchev–Trinajstić information content (AvgIpc) is 3.28. The molecule has 2 atom stereocenters. The summed E-state index contributed by atoms with van der Waals surface area (Å²) in [5, 5.41) is 6.98. The molecule has 0 unspecified atom stereocenters. The van der Waals surface area contributed by atoms with Crippen LogP contribution in [0.25, 0.3) is 0 Å². The van der Waals surface area contributed by atoms with E-state index < -0.39 is 0 Å². The van der Waals surface area contributed by atoms with Crippen molar-refractivity contribution in [2.75, 3.05) is 39.9 Å². The van der Waals surface area contributed by atoms with Crippen LogP contribution in [-0.2, 0) is 14.4 Å². The molecule has 3 rings (SSSR count). The first-order chi connectivity index (χ1) is 11.8. The Morgan fingerprint density at radius 3 is 3.04 bits per heavy atom. The molecule has 0 radical (unpaired) electrons. The Hall–Kier alpha value is -1.92. The Morgan fingerprint density at radius 2 is 2.25 bits per heavy atom. The Labute approximate surface area is 142 Å². The molecule has 0 spiro atoms. The first-order valence-electron chi connectivity index (χ1n) is 8.53. The molecule has 1 amide bonds. The van der Waals surface area contributed by atoms with Crippen molar-refractivity contribution in [3.63, 3.8) is 0 Å². The van der Waals surface area contributed by atoms with E-state index in [1.54, 1.807) is 7.11 Å². The van der Waals surface area contributed by atoms with E-state index in [1.165, 1.54) is 0 Å². The van der Waals surface area contributed by atoms with Gasteiger partial charge in [0.2, 0.25) is 0 Å². The zero-order chi connectivity index (χ0) is 16.8. The fraction of sp³-hybridized carbons (Fsp3) is 0.556. The van der Waals surface area contributed by atoms with Gasteiger partial charge in [-0.3, -0.25) is 4.79 Å². The Bertz CT molecular complexity index is 576. The minimum atomic E-state index is -0.150. The molecule has 130 valence electrons. The van der Waals surface area contributed by atoms with Gasteiger partial charge < -0.3 is 19.8 Å². The summed E-state index contributed by atoms with van der Waals surface area (Å²) in [6.07, 6.45) is 1.49. The number of likely N-dealkylation sites (tertiary alicyclic amines) is 1. The number of amides is 1. The maximum absolute atomic E-state index is 12.3. The van der Waals surface area contributed by atoms with Crippen molar-refractivity contribution in [2.24, 2.45) is 11.1 Å². The number of oxime groups is 1. The van der Waals surface area contributed by atoms with Crippen LogP contribution in [0.15, 0.2) is 35.5 Å². The van der Waals surface area contributed by atoms with E-state index in [2.05, 4.69) is 15.4 Å². The van der Waals surface area contributed by atoms with Crippen LogP contribution in [0.2, 0.25) is 0 Å². The predicted molar refractivity (Wildman–Crippen MR) is 91.8 cm³/mol. The van der Waals surface area contributed by atoms with E-state index in [4.69, 9.17) is 9.57 Å². The number of nitrogens with zero attached hydrogens (tertiary/aromatic N) is 2. The van der Waals surface area contributed by atoms with Gasteiger partial charge in [0.05, 0.1) is 6.61 Å². The number of ether oxygens (including phenoxy) is 1. The van der Waals surface area contributed by atoms with E-state index in [-0.39, 0.29) is 12.0 Å². The van der Waals surface area contributed by atoms with Gasteiger partial charge in [-0.25, -0.2) is 0 Å². The molecular formula is C18H25N3O3. The van der Waals surface area contributed by atoms with E-state index >= 15 is 0 Å².